The van der Waals surface area contributed by atoms with E-state index in [4.69, 9.17) is 5.26 Å². The third-order valence-electron chi connectivity index (χ3n) is 2.56. The van der Waals surface area contributed by atoms with Crippen LogP contribution in [0.5, 0.6) is 0 Å². The van der Waals surface area contributed by atoms with E-state index in [0.717, 1.165) is 15.9 Å². The fourth-order valence-electron chi connectivity index (χ4n) is 1.30. The average Bonchev–Trinajstić information content (AvgIpc) is 2.46. The van der Waals surface area contributed by atoms with Gasteiger partial charge in [-0.1, -0.05) is 0 Å². The molecule has 0 aromatic carbocycles. The van der Waals surface area contributed by atoms with Crippen LogP contribution in [0, 0.1) is 25.2 Å². The summed E-state index contributed by atoms with van der Waals surface area (Å²) in [5.74, 6) is 0. The van der Waals surface area contributed by atoms with Gasteiger partial charge in [0, 0.05) is 5.69 Å². The Bertz CT molecular complexity index is 404. The van der Waals surface area contributed by atoms with Gasteiger partial charge in [-0.25, -0.2) is 0 Å². The van der Waals surface area contributed by atoms with Gasteiger partial charge in [0.1, 0.15) is 5.54 Å². The van der Waals surface area contributed by atoms with E-state index in [1.54, 1.807) is 7.05 Å². The van der Waals surface area contributed by atoms with Crippen molar-refractivity contribution in [3.8, 4) is 6.07 Å². The third kappa shape index (κ3) is 2.39. The van der Waals surface area contributed by atoms with Gasteiger partial charge >= 0.3 is 0 Å². The van der Waals surface area contributed by atoms with Crippen molar-refractivity contribution in [2.24, 2.45) is 0 Å². The molecule has 0 saturated heterocycles. The summed E-state index contributed by atoms with van der Waals surface area (Å²) in [6, 6.07) is 2.25. The summed E-state index contributed by atoms with van der Waals surface area (Å²) in [6.45, 7) is 6.32. The van der Waals surface area contributed by atoms with Gasteiger partial charge in [0.2, 0.25) is 0 Å². The molecule has 0 aliphatic heterocycles. The molecule has 0 fully saturated rings. The van der Waals surface area contributed by atoms with Crippen LogP contribution >= 0.6 is 15.9 Å². The molecule has 0 aliphatic carbocycles. The molecule has 0 radical (unpaired) electrons. The normalized spacial score (nSPS) is 14.7. The highest BCUT2D eigenvalue weighted by molar-refractivity contribution is 9.10. The van der Waals surface area contributed by atoms with Crippen molar-refractivity contribution >= 4 is 15.9 Å². The molecule has 0 bridgehead atoms. The average molecular weight is 271 g/mol. The Morgan fingerprint density at radius 1 is 1.60 bits per heavy atom. The molecule has 4 nitrogen and oxygen atoms in total. The molecular weight excluding hydrogens is 256 g/mol. The van der Waals surface area contributed by atoms with Crippen molar-refractivity contribution in [2.45, 2.75) is 32.9 Å². The van der Waals surface area contributed by atoms with Crippen molar-refractivity contribution in [3.63, 3.8) is 0 Å². The maximum Gasteiger partial charge on any atom is 0.123 e. The van der Waals surface area contributed by atoms with Gasteiger partial charge in [-0.05, 0) is 43.7 Å². The van der Waals surface area contributed by atoms with Crippen LogP contribution in [0.3, 0.4) is 0 Å². The van der Waals surface area contributed by atoms with Crippen molar-refractivity contribution in [2.75, 3.05) is 7.05 Å². The lowest BCUT2D eigenvalue weighted by atomic mass is 10.1. The number of rotatable bonds is 3. The highest BCUT2D eigenvalue weighted by Crippen LogP contribution is 2.21. The summed E-state index contributed by atoms with van der Waals surface area (Å²) in [4.78, 5) is 0. The van der Waals surface area contributed by atoms with E-state index in [1.165, 1.54) is 0 Å². The van der Waals surface area contributed by atoms with Gasteiger partial charge < -0.3 is 5.32 Å². The van der Waals surface area contributed by atoms with E-state index < -0.39 is 5.54 Å². The van der Waals surface area contributed by atoms with Gasteiger partial charge in [-0.3, -0.25) is 4.68 Å². The largest absolute Gasteiger partial charge is 0.301 e. The summed E-state index contributed by atoms with van der Waals surface area (Å²) in [5, 5.41) is 16.4. The minimum absolute atomic E-state index is 0.540. The van der Waals surface area contributed by atoms with Gasteiger partial charge in [-0.2, -0.15) is 10.4 Å². The lowest BCUT2D eigenvalue weighted by Gasteiger charge is -2.21. The Hall–Kier alpha value is -0.860. The van der Waals surface area contributed by atoms with Crippen LogP contribution in [-0.2, 0) is 6.54 Å². The molecule has 1 unspecified atom stereocenters. The first-order valence-corrected chi connectivity index (χ1v) is 5.52. The molecule has 1 rings (SSSR count). The first-order valence-electron chi connectivity index (χ1n) is 4.73. The van der Waals surface area contributed by atoms with E-state index in [1.807, 2.05) is 25.5 Å². The molecule has 82 valence electrons. The van der Waals surface area contributed by atoms with Gasteiger partial charge in [0.05, 0.1) is 22.8 Å². The highest BCUT2D eigenvalue weighted by atomic mass is 79.9. The first-order chi connectivity index (χ1) is 6.93. The third-order valence-corrected chi connectivity index (χ3v) is 3.71. The lowest BCUT2D eigenvalue weighted by Crippen LogP contribution is -2.42. The van der Waals surface area contributed by atoms with Crippen LogP contribution in [0.1, 0.15) is 18.3 Å². The van der Waals surface area contributed by atoms with E-state index in [9.17, 15) is 0 Å². The Balaban J connectivity index is 3.00. The second-order valence-electron chi connectivity index (χ2n) is 3.84. The second kappa shape index (κ2) is 4.33. The van der Waals surface area contributed by atoms with E-state index >= 15 is 0 Å². The fourth-order valence-corrected chi connectivity index (χ4v) is 1.58. The standard InChI is InChI=1S/C10H15BrN4/c1-7-9(11)8(2)15(14-7)6-10(3,5-12)13-4/h13H,6H2,1-4H3. The smallest absolute Gasteiger partial charge is 0.123 e. The zero-order valence-corrected chi connectivity index (χ0v) is 11.0. The minimum atomic E-state index is -0.581. The number of aryl methyl sites for hydroxylation is 1. The lowest BCUT2D eigenvalue weighted by molar-refractivity contribution is 0.391. The number of hydrogen-bond acceptors (Lipinski definition) is 3. The second-order valence-corrected chi connectivity index (χ2v) is 4.63. The number of hydrogen-bond donors (Lipinski definition) is 1. The summed E-state index contributed by atoms with van der Waals surface area (Å²) in [7, 11) is 1.78. The Morgan fingerprint density at radius 3 is 2.53 bits per heavy atom. The van der Waals surface area contributed by atoms with Crippen LogP contribution in [0.2, 0.25) is 0 Å². The molecule has 1 N–H and O–H groups in total. The zero-order chi connectivity index (χ0) is 11.6. The number of nitrogens with zero attached hydrogens (tertiary/aromatic N) is 3. The quantitative estimate of drug-likeness (QED) is 0.911. The Morgan fingerprint density at radius 2 is 2.20 bits per heavy atom. The number of likely N-dealkylation sites (N-methyl/N-ethyl adjacent to an activating group) is 1. The van der Waals surface area contributed by atoms with Gasteiger partial charge in [0.25, 0.3) is 0 Å². The number of halogens is 1. The molecule has 0 amide bonds. The summed E-state index contributed by atoms with van der Waals surface area (Å²) >= 11 is 3.46. The Kier molecular flexibility index (Phi) is 3.53. The van der Waals surface area contributed by atoms with Crippen molar-refractivity contribution in [3.05, 3.63) is 15.9 Å². The van der Waals surface area contributed by atoms with Crippen LogP contribution in [0.4, 0.5) is 0 Å². The number of nitriles is 1. The maximum absolute atomic E-state index is 9.05. The van der Waals surface area contributed by atoms with Crippen molar-refractivity contribution in [1.29, 1.82) is 5.26 Å². The Labute approximate surface area is 98.4 Å². The SMILES string of the molecule is CNC(C)(C#N)Cn1nc(C)c(Br)c1C. The van der Waals surface area contributed by atoms with Crippen molar-refractivity contribution < 1.29 is 0 Å². The molecule has 1 aromatic rings. The van der Waals surface area contributed by atoms with Gasteiger partial charge in [-0.15, -0.1) is 0 Å². The van der Waals surface area contributed by atoms with E-state index in [0.29, 0.717) is 6.54 Å². The summed E-state index contributed by atoms with van der Waals surface area (Å²) in [5.41, 5.74) is 1.41. The van der Waals surface area contributed by atoms with Crippen LogP contribution in [-0.4, -0.2) is 22.4 Å². The number of aromatic nitrogens is 2. The highest BCUT2D eigenvalue weighted by Gasteiger charge is 2.24. The summed E-state index contributed by atoms with van der Waals surface area (Å²) in [6.07, 6.45) is 0. The van der Waals surface area contributed by atoms with E-state index in [-0.39, 0.29) is 0 Å². The predicted octanol–water partition coefficient (Wildman–Crippen LogP) is 1.76. The monoisotopic (exact) mass is 270 g/mol. The van der Waals surface area contributed by atoms with Gasteiger partial charge in [0.15, 0.2) is 0 Å². The van der Waals surface area contributed by atoms with Crippen LogP contribution in [0.25, 0.3) is 0 Å². The molecule has 0 aliphatic rings. The first kappa shape index (κ1) is 12.2. The molecule has 15 heavy (non-hydrogen) atoms. The van der Waals surface area contributed by atoms with E-state index in [2.05, 4.69) is 32.4 Å². The zero-order valence-electron chi connectivity index (χ0n) is 9.43. The maximum atomic E-state index is 9.05. The topological polar surface area (TPSA) is 53.6 Å². The molecule has 5 heteroatoms. The summed E-state index contributed by atoms with van der Waals surface area (Å²) < 4.78 is 2.86. The molecule has 1 heterocycles. The molecule has 0 spiro atoms. The van der Waals surface area contributed by atoms with Crippen molar-refractivity contribution in [1.82, 2.24) is 15.1 Å². The van der Waals surface area contributed by atoms with Crippen LogP contribution < -0.4 is 5.32 Å². The predicted molar refractivity (Wildman–Crippen MR) is 62.5 cm³/mol. The molecule has 1 atom stereocenters. The minimum Gasteiger partial charge on any atom is -0.301 e. The van der Waals surface area contributed by atoms with Crippen LogP contribution in [0.15, 0.2) is 4.47 Å². The molecular formula is C10H15BrN4. The number of nitrogens with one attached hydrogen (secondary N) is 1. The molecule has 1 aromatic heterocycles. The molecule has 0 saturated carbocycles. The fraction of sp³-hybridized carbons (Fsp3) is 0.600.